The van der Waals surface area contributed by atoms with Crippen LogP contribution in [-0.4, -0.2) is 17.5 Å². The van der Waals surface area contributed by atoms with Crippen molar-refractivity contribution < 1.29 is 18.8 Å². The first-order valence-electron chi connectivity index (χ1n) is 7.17. The summed E-state index contributed by atoms with van der Waals surface area (Å²) in [7, 11) is 0. The molecule has 0 saturated carbocycles. The average molecular weight is 297 g/mol. The maximum Gasteiger partial charge on any atom is 0.341 e. The fourth-order valence-electron chi connectivity index (χ4n) is 1.91. The molecule has 1 aromatic carbocycles. The molecule has 116 valence electrons. The molecule has 0 atom stereocenters. The van der Waals surface area contributed by atoms with Gasteiger partial charge in [0.2, 0.25) is 0 Å². The number of carbonyl (C=O) groups is 1. The van der Waals surface area contributed by atoms with Gasteiger partial charge in [-0.05, 0) is 12.5 Å². The zero-order chi connectivity index (χ0) is 15.7. The molecule has 5 nitrogen and oxygen atoms in total. The number of hydrogen-bond donors (Lipinski definition) is 0. The van der Waals surface area contributed by atoms with Crippen molar-refractivity contribution >= 4 is 11.7 Å². The van der Waals surface area contributed by atoms with Gasteiger partial charge in [-0.15, -0.1) is 0 Å². The number of nitrogens with zero attached hydrogens (tertiary/aromatic N) is 1. The lowest BCUT2D eigenvalue weighted by Gasteiger charge is -2.05. The molecule has 1 aromatic rings. The smallest absolute Gasteiger partial charge is 0.341 e. The summed E-state index contributed by atoms with van der Waals surface area (Å²) in [6.45, 7) is 2.34. The first kappa shape index (κ1) is 17.1. The van der Waals surface area contributed by atoms with Gasteiger partial charge in [0.15, 0.2) is 0 Å². The Labute approximate surface area is 123 Å². The van der Waals surface area contributed by atoms with Gasteiger partial charge in [0.05, 0.1) is 11.5 Å². The van der Waals surface area contributed by atoms with Crippen LogP contribution in [0.25, 0.3) is 0 Å². The molecular weight excluding hydrogens is 277 g/mol. The lowest BCUT2D eigenvalue weighted by atomic mass is 10.1. The summed E-state index contributed by atoms with van der Waals surface area (Å²) in [5, 5.41) is 10.6. The Morgan fingerprint density at radius 3 is 2.57 bits per heavy atom. The standard InChI is InChI=1S/C15H20FNO4/c1-2-3-4-5-6-7-10-21-15(18)13-11-12(17(19)20)8-9-14(13)16/h8-9,11H,2-7,10H2,1H3. The van der Waals surface area contributed by atoms with E-state index in [0.717, 1.165) is 37.5 Å². The Bertz CT molecular complexity index is 491. The molecule has 21 heavy (non-hydrogen) atoms. The van der Waals surface area contributed by atoms with Crippen molar-refractivity contribution in [3.63, 3.8) is 0 Å². The molecule has 0 N–H and O–H groups in total. The van der Waals surface area contributed by atoms with Crippen molar-refractivity contribution in [1.82, 2.24) is 0 Å². The van der Waals surface area contributed by atoms with E-state index in [9.17, 15) is 19.3 Å². The monoisotopic (exact) mass is 297 g/mol. The molecule has 1 rings (SSSR count). The quantitative estimate of drug-likeness (QED) is 0.296. The van der Waals surface area contributed by atoms with Crippen LogP contribution in [0.5, 0.6) is 0 Å². The van der Waals surface area contributed by atoms with Gasteiger partial charge in [-0.25, -0.2) is 9.18 Å². The zero-order valence-corrected chi connectivity index (χ0v) is 12.1. The average Bonchev–Trinajstić information content (AvgIpc) is 2.46. The fourth-order valence-corrected chi connectivity index (χ4v) is 1.91. The Balaban J connectivity index is 2.41. The van der Waals surface area contributed by atoms with Crippen LogP contribution in [0.15, 0.2) is 18.2 Å². The van der Waals surface area contributed by atoms with Gasteiger partial charge in [-0.1, -0.05) is 39.0 Å². The number of nitro groups is 1. The van der Waals surface area contributed by atoms with E-state index in [1.165, 1.54) is 12.8 Å². The highest BCUT2D eigenvalue weighted by Crippen LogP contribution is 2.17. The lowest BCUT2D eigenvalue weighted by molar-refractivity contribution is -0.384. The number of carbonyl (C=O) groups excluding carboxylic acids is 1. The van der Waals surface area contributed by atoms with Crippen LogP contribution in [0.1, 0.15) is 55.8 Å². The van der Waals surface area contributed by atoms with Crippen molar-refractivity contribution in [2.75, 3.05) is 6.61 Å². The molecule has 0 bridgehead atoms. The first-order chi connectivity index (χ1) is 10.1. The molecule has 0 heterocycles. The summed E-state index contributed by atoms with van der Waals surface area (Å²) in [6.07, 6.45) is 6.26. The number of rotatable bonds is 9. The molecule has 0 unspecified atom stereocenters. The molecule has 0 saturated heterocycles. The number of unbranched alkanes of at least 4 members (excludes halogenated alkanes) is 5. The zero-order valence-electron chi connectivity index (χ0n) is 12.1. The summed E-state index contributed by atoms with van der Waals surface area (Å²) < 4.78 is 18.4. The van der Waals surface area contributed by atoms with Gasteiger partial charge in [0.1, 0.15) is 11.4 Å². The van der Waals surface area contributed by atoms with E-state index in [4.69, 9.17) is 4.74 Å². The summed E-state index contributed by atoms with van der Waals surface area (Å²) in [4.78, 5) is 21.6. The second kappa shape index (κ2) is 9.05. The molecule has 0 radical (unpaired) electrons. The maximum atomic E-state index is 13.5. The molecule has 0 aliphatic heterocycles. The van der Waals surface area contributed by atoms with Gasteiger partial charge in [0, 0.05) is 12.1 Å². The highest BCUT2D eigenvalue weighted by molar-refractivity contribution is 5.90. The number of nitro benzene ring substituents is 1. The predicted molar refractivity (Wildman–Crippen MR) is 76.7 cm³/mol. The van der Waals surface area contributed by atoms with Crippen LogP contribution < -0.4 is 0 Å². The summed E-state index contributed by atoms with van der Waals surface area (Å²) in [6, 6.07) is 2.82. The number of ether oxygens (including phenoxy) is 1. The second-order valence-corrected chi connectivity index (χ2v) is 4.82. The van der Waals surface area contributed by atoms with Crippen LogP contribution in [0.2, 0.25) is 0 Å². The van der Waals surface area contributed by atoms with Gasteiger partial charge in [-0.2, -0.15) is 0 Å². The Kier molecular flexibility index (Phi) is 7.36. The third-order valence-corrected chi connectivity index (χ3v) is 3.11. The van der Waals surface area contributed by atoms with Crippen molar-refractivity contribution in [3.05, 3.63) is 39.7 Å². The fraction of sp³-hybridized carbons (Fsp3) is 0.533. The molecule has 0 fully saturated rings. The number of hydrogen-bond acceptors (Lipinski definition) is 4. The molecule has 6 heteroatoms. The molecular formula is C15H20FNO4. The second-order valence-electron chi connectivity index (χ2n) is 4.82. The van der Waals surface area contributed by atoms with Crippen LogP contribution in [-0.2, 0) is 4.74 Å². The third-order valence-electron chi connectivity index (χ3n) is 3.11. The van der Waals surface area contributed by atoms with Crippen molar-refractivity contribution in [2.24, 2.45) is 0 Å². The van der Waals surface area contributed by atoms with Gasteiger partial charge in [-0.3, -0.25) is 10.1 Å². The van der Waals surface area contributed by atoms with E-state index in [0.29, 0.717) is 6.42 Å². The highest BCUT2D eigenvalue weighted by Gasteiger charge is 2.17. The van der Waals surface area contributed by atoms with Crippen LogP contribution >= 0.6 is 0 Å². The van der Waals surface area contributed by atoms with E-state index in [-0.39, 0.29) is 12.3 Å². The minimum absolute atomic E-state index is 0.201. The Morgan fingerprint density at radius 1 is 1.24 bits per heavy atom. The predicted octanol–water partition coefficient (Wildman–Crippen LogP) is 4.25. The topological polar surface area (TPSA) is 69.4 Å². The van der Waals surface area contributed by atoms with Gasteiger partial charge >= 0.3 is 5.97 Å². The third kappa shape index (κ3) is 5.89. The van der Waals surface area contributed by atoms with Crippen LogP contribution in [0.4, 0.5) is 10.1 Å². The molecule has 0 amide bonds. The first-order valence-corrected chi connectivity index (χ1v) is 7.17. The van der Waals surface area contributed by atoms with E-state index in [1.807, 2.05) is 0 Å². The molecule has 0 aliphatic rings. The molecule has 0 aliphatic carbocycles. The molecule has 0 aromatic heterocycles. The minimum Gasteiger partial charge on any atom is -0.462 e. The van der Waals surface area contributed by atoms with Crippen LogP contribution in [0.3, 0.4) is 0 Å². The number of esters is 1. The Hall–Kier alpha value is -1.98. The SMILES string of the molecule is CCCCCCCCOC(=O)c1cc([N+](=O)[O-])ccc1F. The molecule has 0 spiro atoms. The number of halogens is 1. The largest absolute Gasteiger partial charge is 0.462 e. The van der Waals surface area contributed by atoms with E-state index in [2.05, 4.69) is 6.92 Å². The van der Waals surface area contributed by atoms with E-state index < -0.39 is 22.3 Å². The van der Waals surface area contributed by atoms with Gasteiger partial charge < -0.3 is 4.74 Å². The Morgan fingerprint density at radius 2 is 1.90 bits per heavy atom. The minimum atomic E-state index is -0.857. The normalized spacial score (nSPS) is 10.4. The number of non-ortho nitro benzene ring substituents is 1. The summed E-state index contributed by atoms with van der Waals surface area (Å²) in [5.41, 5.74) is -0.724. The number of benzene rings is 1. The van der Waals surface area contributed by atoms with Gasteiger partial charge in [0.25, 0.3) is 5.69 Å². The summed E-state index contributed by atoms with van der Waals surface area (Å²) >= 11 is 0. The maximum absolute atomic E-state index is 13.5. The van der Waals surface area contributed by atoms with Crippen molar-refractivity contribution in [1.29, 1.82) is 0 Å². The van der Waals surface area contributed by atoms with Crippen molar-refractivity contribution in [3.8, 4) is 0 Å². The van der Waals surface area contributed by atoms with Crippen LogP contribution in [0, 0.1) is 15.9 Å². The van der Waals surface area contributed by atoms with Crippen molar-refractivity contribution in [2.45, 2.75) is 45.4 Å². The van der Waals surface area contributed by atoms with E-state index >= 15 is 0 Å². The lowest BCUT2D eigenvalue weighted by Crippen LogP contribution is -2.09. The van der Waals surface area contributed by atoms with E-state index in [1.54, 1.807) is 0 Å². The highest BCUT2D eigenvalue weighted by atomic mass is 19.1. The summed E-state index contributed by atoms with van der Waals surface area (Å²) in [5.74, 6) is -1.67.